The number of hydrogen-bond acceptors (Lipinski definition) is 4. The van der Waals surface area contributed by atoms with E-state index in [-0.39, 0.29) is 11.2 Å². The van der Waals surface area contributed by atoms with Gasteiger partial charge < -0.3 is 0 Å². The van der Waals surface area contributed by atoms with Gasteiger partial charge in [0.2, 0.25) is 0 Å². The van der Waals surface area contributed by atoms with Gasteiger partial charge in [0.1, 0.15) is 0 Å². The van der Waals surface area contributed by atoms with Gasteiger partial charge in [0.15, 0.2) is 5.78 Å². The molecule has 0 bridgehead atoms. The average Bonchev–Trinajstić information content (AvgIpc) is 2.52. The molecule has 1 aromatic carbocycles. The summed E-state index contributed by atoms with van der Waals surface area (Å²) < 4.78 is 0. The summed E-state index contributed by atoms with van der Waals surface area (Å²) in [6.45, 7) is 6.44. The van der Waals surface area contributed by atoms with E-state index in [1.54, 1.807) is 18.3 Å². The fraction of sp³-hybridized carbons (Fsp3) is 0.278. The number of pyridine rings is 1. The van der Waals surface area contributed by atoms with Crippen molar-refractivity contribution in [2.24, 2.45) is 0 Å². The summed E-state index contributed by atoms with van der Waals surface area (Å²) in [6, 6.07) is 13.2. The number of nitrogens with zero attached hydrogens (tertiary/aromatic N) is 2. The molecule has 0 saturated carbocycles. The molecule has 0 atom stereocenters. The first-order chi connectivity index (χ1) is 10.4. The van der Waals surface area contributed by atoms with Crippen LogP contribution in [0.5, 0.6) is 0 Å². The molecule has 0 spiro atoms. The van der Waals surface area contributed by atoms with Crippen LogP contribution in [0.2, 0.25) is 0 Å². The largest absolute Gasteiger partial charge is 0.293 e. The first-order valence-corrected chi connectivity index (χ1v) is 8.01. The van der Waals surface area contributed by atoms with Crippen LogP contribution in [-0.4, -0.2) is 16.5 Å². The molecule has 0 fully saturated rings. The van der Waals surface area contributed by atoms with Crippen molar-refractivity contribution in [1.29, 1.82) is 5.26 Å². The van der Waals surface area contributed by atoms with Crippen LogP contribution in [0.1, 0.15) is 42.3 Å². The molecule has 3 nitrogen and oxygen atoms in total. The molecule has 112 valence electrons. The molecule has 0 N–H and O–H groups in total. The van der Waals surface area contributed by atoms with Gasteiger partial charge in [-0.2, -0.15) is 5.26 Å². The Morgan fingerprint density at radius 1 is 1.23 bits per heavy atom. The summed E-state index contributed by atoms with van der Waals surface area (Å²) in [5, 5.41) is 9.55. The number of nitriles is 1. The quantitative estimate of drug-likeness (QED) is 0.626. The van der Waals surface area contributed by atoms with E-state index in [0.29, 0.717) is 21.9 Å². The van der Waals surface area contributed by atoms with Crippen LogP contribution in [0.4, 0.5) is 0 Å². The molecule has 1 heterocycles. The number of hydrogen-bond donors (Lipinski definition) is 0. The van der Waals surface area contributed by atoms with Crippen LogP contribution in [0.3, 0.4) is 0 Å². The van der Waals surface area contributed by atoms with E-state index in [1.807, 2.05) is 24.3 Å². The number of thioether (sulfide) groups is 1. The topological polar surface area (TPSA) is 53.8 Å². The van der Waals surface area contributed by atoms with Gasteiger partial charge >= 0.3 is 0 Å². The zero-order chi connectivity index (χ0) is 16.2. The van der Waals surface area contributed by atoms with Gasteiger partial charge in [0, 0.05) is 11.8 Å². The van der Waals surface area contributed by atoms with E-state index in [9.17, 15) is 4.79 Å². The van der Waals surface area contributed by atoms with Crippen LogP contribution in [-0.2, 0) is 5.41 Å². The van der Waals surface area contributed by atoms with Gasteiger partial charge in [-0.1, -0.05) is 56.8 Å². The third-order valence-electron chi connectivity index (χ3n) is 3.29. The van der Waals surface area contributed by atoms with Gasteiger partial charge in [-0.05, 0) is 23.1 Å². The van der Waals surface area contributed by atoms with E-state index >= 15 is 0 Å². The lowest BCUT2D eigenvalue weighted by atomic mass is 9.86. The predicted octanol–water partition coefficient (Wildman–Crippen LogP) is 4.23. The summed E-state index contributed by atoms with van der Waals surface area (Å²) in [5.74, 6) is 0.381. The Morgan fingerprint density at radius 3 is 2.50 bits per heavy atom. The molecule has 0 aliphatic carbocycles. The predicted molar refractivity (Wildman–Crippen MR) is 89.1 cm³/mol. The molecule has 4 heteroatoms. The van der Waals surface area contributed by atoms with Crippen LogP contribution < -0.4 is 0 Å². The van der Waals surface area contributed by atoms with Gasteiger partial charge in [0.25, 0.3) is 0 Å². The molecule has 2 aromatic rings. The Balaban J connectivity index is 2.02. The van der Waals surface area contributed by atoms with Crippen LogP contribution in [0, 0.1) is 11.3 Å². The normalized spacial score (nSPS) is 11.0. The van der Waals surface area contributed by atoms with Crippen molar-refractivity contribution in [3.05, 3.63) is 59.3 Å². The van der Waals surface area contributed by atoms with Crippen molar-refractivity contribution in [3.8, 4) is 6.07 Å². The minimum absolute atomic E-state index is 0.0645. The second-order valence-corrected chi connectivity index (χ2v) is 7.03. The van der Waals surface area contributed by atoms with Crippen molar-refractivity contribution in [1.82, 2.24) is 4.98 Å². The third kappa shape index (κ3) is 4.19. The number of benzene rings is 1. The van der Waals surface area contributed by atoms with Gasteiger partial charge in [-0.25, -0.2) is 4.98 Å². The number of carbonyl (C=O) groups excluding carboxylic acids is 1. The minimum atomic E-state index is 0.0645. The monoisotopic (exact) mass is 310 g/mol. The number of rotatable bonds is 4. The first-order valence-electron chi connectivity index (χ1n) is 7.03. The smallest absolute Gasteiger partial charge is 0.173 e. The first kappa shape index (κ1) is 16.3. The number of carbonyl (C=O) groups is 1. The maximum Gasteiger partial charge on any atom is 0.173 e. The average molecular weight is 310 g/mol. The van der Waals surface area contributed by atoms with Crippen molar-refractivity contribution in [2.75, 3.05) is 5.75 Å². The highest BCUT2D eigenvalue weighted by atomic mass is 32.2. The molecule has 2 rings (SSSR count). The Morgan fingerprint density at radius 2 is 1.91 bits per heavy atom. The molecule has 0 aliphatic rings. The highest BCUT2D eigenvalue weighted by Crippen LogP contribution is 2.23. The number of Topliss-reactive ketones (excluding diaryl/α,β-unsaturated/α-hetero) is 1. The highest BCUT2D eigenvalue weighted by molar-refractivity contribution is 7.99. The van der Waals surface area contributed by atoms with Crippen molar-refractivity contribution < 1.29 is 4.79 Å². The molecular formula is C18H18N2OS. The Hall–Kier alpha value is -2.12. The summed E-state index contributed by atoms with van der Waals surface area (Å²) in [6.07, 6.45) is 1.59. The van der Waals surface area contributed by atoms with Crippen LogP contribution in [0.15, 0.2) is 47.6 Å². The summed E-state index contributed by atoms with van der Waals surface area (Å²) in [4.78, 5) is 16.4. The Bertz CT molecular complexity index is 709. The van der Waals surface area contributed by atoms with E-state index in [4.69, 9.17) is 5.26 Å². The molecule has 0 aliphatic heterocycles. The molecule has 22 heavy (non-hydrogen) atoms. The van der Waals surface area contributed by atoms with Crippen molar-refractivity contribution >= 4 is 17.5 Å². The van der Waals surface area contributed by atoms with Gasteiger partial charge in [0.05, 0.1) is 22.4 Å². The van der Waals surface area contributed by atoms with Crippen LogP contribution >= 0.6 is 11.8 Å². The standard InChI is InChI=1S/C18H18N2OS/c1-18(2,3)15-6-4-14(5-7-15)16(21)12-22-17-10-13(11-19)8-9-20-17/h4-10H,12H2,1-3H3. The number of ketones is 1. The minimum Gasteiger partial charge on any atom is -0.293 e. The molecule has 0 amide bonds. The van der Waals surface area contributed by atoms with E-state index in [2.05, 4.69) is 31.8 Å². The molecule has 0 saturated heterocycles. The maximum absolute atomic E-state index is 12.2. The number of aromatic nitrogens is 1. The lowest BCUT2D eigenvalue weighted by Crippen LogP contribution is -2.11. The Labute approximate surface area is 135 Å². The summed E-state index contributed by atoms with van der Waals surface area (Å²) in [7, 11) is 0. The Kier molecular flexibility index (Phi) is 4.99. The van der Waals surface area contributed by atoms with E-state index in [0.717, 1.165) is 0 Å². The summed E-state index contributed by atoms with van der Waals surface area (Å²) >= 11 is 1.35. The second-order valence-electron chi connectivity index (χ2n) is 6.03. The van der Waals surface area contributed by atoms with Gasteiger partial charge in [-0.15, -0.1) is 0 Å². The molecule has 0 radical (unpaired) electrons. The zero-order valence-corrected chi connectivity index (χ0v) is 13.8. The fourth-order valence-corrected chi connectivity index (χ4v) is 2.73. The molecule has 1 aromatic heterocycles. The zero-order valence-electron chi connectivity index (χ0n) is 13.0. The second kappa shape index (κ2) is 6.76. The van der Waals surface area contributed by atoms with E-state index < -0.39 is 0 Å². The lowest BCUT2D eigenvalue weighted by molar-refractivity contribution is 0.102. The van der Waals surface area contributed by atoms with E-state index in [1.165, 1.54) is 17.3 Å². The molecule has 0 unspecified atom stereocenters. The van der Waals surface area contributed by atoms with Crippen molar-refractivity contribution in [2.45, 2.75) is 31.2 Å². The van der Waals surface area contributed by atoms with Gasteiger partial charge in [-0.3, -0.25) is 4.79 Å². The highest BCUT2D eigenvalue weighted by Gasteiger charge is 2.14. The maximum atomic E-state index is 12.2. The third-order valence-corrected chi connectivity index (χ3v) is 4.21. The molecular weight excluding hydrogens is 292 g/mol. The van der Waals surface area contributed by atoms with Crippen LogP contribution in [0.25, 0.3) is 0 Å². The lowest BCUT2D eigenvalue weighted by Gasteiger charge is -2.18. The van der Waals surface area contributed by atoms with Crippen molar-refractivity contribution in [3.63, 3.8) is 0 Å². The summed E-state index contributed by atoms with van der Waals surface area (Å²) in [5.41, 5.74) is 2.55. The fourth-order valence-electron chi connectivity index (χ4n) is 1.94. The SMILES string of the molecule is CC(C)(C)c1ccc(C(=O)CSc2cc(C#N)ccn2)cc1.